The number of esters is 1. The number of hydrogen-bond acceptors (Lipinski definition) is 3. The molecule has 3 heteroatoms. The molecule has 0 saturated carbocycles. The first-order valence-electron chi connectivity index (χ1n) is 6.24. The molecule has 1 N–H and O–H groups in total. The summed E-state index contributed by atoms with van der Waals surface area (Å²) in [5.41, 5.74) is 3.33. The minimum atomic E-state index is -0.208. The standard InChI is InChI=1S/C15H19NO2/c1-5-14(17)18-11-6-7-13-12(8-11)10(2)9-15(3,4)16-13/h6-9,16H,5H2,1-4H3. The lowest BCUT2D eigenvalue weighted by atomic mass is 9.91. The Balaban J connectivity index is 2.34. The maximum Gasteiger partial charge on any atom is 0.310 e. The zero-order valence-electron chi connectivity index (χ0n) is 11.3. The fourth-order valence-electron chi connectivity index (χ4n) is 2.23. The van der Waals surface area contributed by atoms with Crippen LogP contribution in [0.3, 0.4) is 0 Å². The molecule has 0 bridgehead atoms. The molecule has 0 fully saturated rings. The van der Waals surface area contributed by atoms with Crippen LogP contribution >= 0.6 is 0 Å². The van der Waals surface area contributed by atoms with Crippen molar-refractivity contribution < 1.29 is 9.53 Å². The highest BCUT2D eigenvalue weighted by Crippen LogP contribution is 2.35. The van der Waals surface area contributed by atoms with E-state index in [0.717, 1.165) is 11.3 Å². The second-order valence-electron chi connectivity index (χ2n) is 5.21. The van der Waals surface area contributed by atoms with Crippen LogP contribution in [0.2, 0.25) is 0 Å². The fourth-order valence-corrected chi connectivity index (χ4v) is 2.23. The third kappa shape index (κ3) is 2.55. The van der Waals surface area contributed by atoms with E-state index in [1.54, 1.807) is 6.92 Å². The number of ether oxygens (including phenoxy) is 1. The molecule has 0 unspecified atom stereocenters. The molecule has 0 aliphatic carbocycles. The van der Waals surface area contributed by atoms with E-state index in [9.17, 15) is 4.79 Å². The van der Waals surface area contributed by atoms with Gasteiger partial charge >= 0.3 is 5.97 Å². The summed E-state index contributed by atoms with van der Waals surface area (Å²) >= 11 is 0. The topological polar surface area (TPSA) is 38.3 Å². The molecule has 0 amide bonds. The molecule has 0 atom stereocenters. The highest BCUT2D eigenvalue weighted by Gasteiger charge is 2.22. The number of fused-ring (bicyclic) bond motifs is 1. The van der Waals surface area contributed by atoms with E-state index in [2.05, 4.69) is 32.2 Å². The Bertz CT molecular complexity index is 515. The molecule has 1 aliphatic rings. The van der Waals surface area contributed by atoms with Crippen molar-refractivity contribution in [3.8, 4) is 5.75 Å². The molecule has 3 nitrogen and oxygen atoms in total. The van der Waals surface area contributed by atoms with Crippen molar-refractivity contribution in [3.63, 3.8) is 0 Å². The average Bonchev–Trinajstić information content (AvgIpc) is 2.28. The summed E-state index contributed by atoms with van der Waals surface area (Å²) in [6.45, 7) is 8.12. The minimum Gasteiger partial charge on any atom is -0.427 e. The summed E-state index contributed by atoms with van der Waals surface area (Å²) in [5.74, 6) is 0.399. The molecule has 0 aromatic heterocycles. The molecule has 18 heavy (non-hydrogen) atoms. The zero-order chi connectivity index (χ0) is 13.3. The van der Waals surface area contributed by atoms with Crippen molar-refractivity contribution in [1.29, 1.82) is 0 Å². The molecule has 1 aliphatic heterocycles. The van der Waals surface area contributed by atoms with Gasteiger partial charge in [-0.05, 0) is 44.5 Å². The summed E-state index contributed by atoms with van der Waals surface area (Å²) in [7, 11) is 0. The van der Waals surface area contributed by atoms with Crippen molar-refractivity contribution >= 4 is 17.2 Å². The van der Waals surface area contributed by atoms with E-state index in [-0.39, 0.29) is 11.5 Å². The third-order valence-corrected chi connectivity index (χ3v) is 2.97. The average molecular weight is 245 g/mol. The number of hydrogen-bond donors (Lipinski definition) is 1. The van der Waals surface area contributed by atoms with Crippen LogP contribution in [0, 0.1) is 0 Å². The van der Waals surface area contributed by atoms with Crippen molar-refractivity contribution in [2.24, 2.45) is 0 Å². The number of rotatable bonds is 2. The molecule has 1 aromatic carbocycles. The summed E-state index contributed by atoms with van der Waals surface area (Å²) in [4.78, 5) is 11.3. The number of nitrogens with one attached hydrogen (secondary N) is 1. The maximum absolute atomic E-state index is 11.3. The van der Waals surface area contributed by atoms with Gasteiger partial charge in [-0.1, -0.05) is 13.0 Å². The monoisotopic (exact) mass is 245 g/mol. The molecule has 1 heterocycles. The van der Waals surface area contributed by atoms with Gasteiger partial charge in [-0.25, -0.2) is 0 Å². The molecule has 0 saturated heterocycles. The molecule has 0 spiro atoms. The Morgan fingerprint density at radius 2 is 2.11 bits per heavy atom. The zero-order valence-corrected chi connectivity index (χ0v) is 11.3. The van der Waals surface area contributed by atoms with Crippen LogP contribution in [0.25, 0.3) is 5.57 Å². The number of anilines is 1. The molecular formula is C15H19NO2. The lowest BCUT2D eigenvalue weighted by molar-refractivity contribution is -0.134. The van der Waals surface area contributed by atoms with Gasteiger partial charge in [-0.3, -0.25) is 4.79 Å². The van der Waals surface area contributed by atoms with Crippen molar-refractivity contribution in [3.05, 3.63) is 29.8 Å². The van der Waals surface area contributed by atoms with Gasteiger partial charge in [0.1, 0.15) is 5.75 Å². The van der Waals surface area contributed by atoms with Crippen LogP contribution < -0.4 is 10.1 Å². The summed E-state index contributed by atoms with van der Waals surface area (Å²) in [5, 5.41) is 3.44. The van der Waals surface area contributed by atoms with E-state index < -0.39 is 0 Å². The van der Waals surface area contributed by atoms with Crippen molar-refractivity contribution in [2.45, 2.75) is 39.7 Å². The Labute approximate surface area is 108 Å². The first-order valence-corrected chi connectivity index (χ1v) is 6.24. The SMILES string of the molecule is CCC(=O)Oc1ccc2c(c1)C(C)=CC(C)(C)N2. The van der Waals surface area contributed by atoms with Gasteiger partial charge in [0.25, 0.3) is 0 Å². The number of benzene rings is 1. The van der Waals surface area contributed by atoms with Crippen LogP contribution in [-0.4, -0.2) is 11.5 Å². The van der Waals surface area contributed by atoms with E-state index in [0.29, 0.717) is 12.2 Å². The van der Waals surface area contributed by atoms with Crippen molar-refractivity contribution in [2.75, 3.05) is 5.32 Å². The number of carbonyl (C=O) groups excluding carboxylic acids is 1. The summed E-state index contributed by atoms with van der Waals surface area (Å²) in [6, 6.07) is 5.71. The smallest absolute Gasteiger partial charge is 0.310 e. The third-order valence-electron chi connectivity index (χ3n) is 2.97. The Morgan fingerprint density at radius 3 is 2.78 bits per heavy atom. The van der Waals surface area contributed by atoms with Gasteiger partial charge in [-0.2, -0.15) is 0 Å². The van der Waals surface area contributed by atoms with Gasteiger partial charge in [0.2, 0.25) is 0 Å². The van der Waals surface area contributed by atoms with E-state index >= 15 is 0 Å². The van der Waals surface area contributed by atoms with Crippen LogP contribution in [-0.2, 0) is 4.79 Å². The molecule has 1 aromatic rings. The number of allylic oxidation sites excluding steroid dienone is 1. The van der Waals surface area contributed by atoms with Crippen LogP contribution in [0.4, 0.5) is 5.69 Å². The van der Waals surface area contributed by atoms with Crippen LogP contribution in [0.1, 0.15) is 39.7 Å². The van der Waals surface area contributed by atoms with Gasteiger partial charge in [-0.15, -0.1) is 0 Å². The normalized spacial score (nSPS) is 16.3. The predicted octanol–water partition coefficient (Wildman–Crippen LogP) is 3.61. The maximum atomic E-state index is 11.3. The van der Waals surface area contributed by atoms with Crippen LogP contribution in [0.15, 0.2) is 24.3 Å². The van der Waals surface area contributed by atoms with E-state index in [1.807, 2.05) is 18.2 Å². The van der Waals surface area contributed by atoms with Gasteiger partial charge in [0.15, 0.2) is 0 Å². The fraction of sp³-hybridized carbons (Fsp3) is 0.400. The second-order valence-corrected chi connectivity index (χ2v) is 5.21. The summed E-state index contributed by atoms with van der Waals surface area (Å²) < 4.78 is 5.24. The quantitative estimate of drug-likeness (QED) is 0.639. The van der Waals surface area contributed by atoms with Gasteiger partial charge in [0.05, 0.1) is 5.54 Å². The van der Waals surface area contributed by atoms with Crippen molar-refractivity contribution in [1.82, 2.24) is 0 Å². The first kappa shape index (κ1) is 12.7. The van der Waals surface area contributed by atoms with E-state index in [1.165, 1.54) is 5.57 Å². The van der Waals surface area contributed by atoms with Gasteiger partial charge in [0, 0.05) is 17.7 Å². The Hall–Kier alpha value is -1.77. The van der Waals surface area contributed by atoms with Gasteiger partial charge < -0.3 is 10.1 Å². The molecule has 2 rings (SSSR count). The highest BCUT2D eigenvalue weighted by molar-refractivity contribution is 5.81. The minimum absolute atomic E-state index is 0.0430. The summed E-state index contributed by atoms with van der Waals surface area (Å²) in [6.07, 6.45) is 2.57. The lowest BCUT2D eigenvalue weighted by Gasteiger charge is -2.31. The molecular weight excluding hydrogens is 226 g/mol. The Kier molecular flexibility index (Phi) is 3.16. The largest absolute Gasteiger partial charge is 0.427 e. The predicted molar refractivity (Wildman–Crippen MR) is 73.7 cm³/mol. The first-order chi connectivity index (χ1) is 8.41. The number of carbonyl (C=O) groups is 1. The lowest BCUT2D eigenvalue weighted by Crippen LogP contribution is -2.31. The highest BCUT2D eigenvalue weighted by atomic mass is 16.5. The second kappa shape index (κ2) is 4.48. The molecule has 0 radical (unpaired) electrons. The van der Waals surface area contributed by atoms with Crippen LogP contribution in [0.5, 0.6) is 5.75 Å². The molecule has 96 valence electrons. The van der Waals surface area contributed by atoms with E-state index in [4.69, 9.17) is 4.74 Å². The Morgan fingerprint density at radius 1 is 1.39 bits per heavy atom.